The van der Waals surface area contributed by atoms with Gasteiger partial charge in [-0.2, -0.15) is 5.10 Å². The smallest absolute Gasteiger partial charge is 0.140 e. The van der Waals surface area contributed by atoms with Crippen LogP contribution in [0.5, 0.6) is 0 Å². The summed E-state index contributed by atoms with van der Waals surface area (Å²) >= 11 is 0. The maximum absolute atomic E-state index is 15.5. The molecule has 0 amide bonds. The van der Waals surface area contributed by atoms with E-state index < -0.39 is 0 Å². The Morgan fingerprint density at radius 1 is 0.733 bits per heavy atom. The topological polar surface area (TPSA) is 25.8 Å². The number of rotatable bonds is 1. The van der Waals surface area contributed by atoms with Gasteiger partial charge >= 0.3 is 0 Å². The van der Waals surface area contributed by atoms with Crippen LogP contribution in [0.15, 0.2) is 66.7 Å². The van der Waals surface area contributed by atoms with Gasteiger partial charge in [0.05, 0.1) is 5.69 Å². The minimum Gasteiger partial charge on any atom is -0.206 e. The predicted octanol–water partition coefficient (Wildman–Crippen LogP) is 7.35. The van der Waals surface area contributed by atoms with E-state index in [-0.39, 0.29) is 11.2 Å². The van der Waals surface area contributed by atoms with Crippen LogP contribution in [0.25, 0.3) is 43.6 Å². The minimum absolute atomic E-state index is 0.0402. The van der Waals surface area contributed by atoms with Crippen molar-refractivity contribution in [1.29, 1.82) is 0 Å². The Balaban J connectivity index is 1.91. The largest absolute Gasteiger partial charge is 0.206 e. The number of hydrogen-bond donors (Lipinski definition) is 0. The molecule has 0 aliphatic heterocycles. The number of aryl methyl sites for hydroxylation is 1. The standard InChI is InChI=1S/C27H23FN2/c1-16-24-22(14-18-10-6-8-12-21(18)25(24)28)26(30-29-16)19-13-17-9-5-7-11-20(17)23(15-19)27(2,3)4/h5-15H,1-4H3. The molecule has 3 heteroatoms. The minimum atomic E-state index is -0.228. The number of aromatic nitrogens is 2. The second kappa shape index (κ2) is 6.60. The summed E-state index contributed by atoms with van der Waals surface area (Å²) in [5, 5.41) is 14.1. The quantitative estimate of drug-likeness (QED) is 0.278. The van der Waals surface area contributed by atoms with Gasteiger partial charge < -0.3 is 0 Å². The molecule has 0 N–H and O–H groups in total. The van der Waals surface area contributed by atoms with Gasteiger partial charge in [-0.3, -0.25) is 0 Å². The van der Waals surface area contributed by atoms with Crippen LogP contribution in [0.1, 0.15) is 32.0 Å². The molecule has 4 aromatic carbocycles. The van der Waals surface area contributed by atoms with Crippen LogP contribution in [0.2, 0.25) is 0 Å². The summed E-state index contributed by atoms with van der Waals surface area (Å²) in [6, 6.07) is 22.3. The van der Waals surface area contributed by atoms with Crippen LogP contribution in [-0.2, 0) is 5.41 Å². The molecule has 0 bridgehead atoms. The summed E-state index contributed by atoms with van der Waals surface area (Å²) in [6.07, 6.45) is 0. The molecule has 0 fully saturated rings. The summed E-state index contributed by atoms with van der Waals surface area (Å²) in [5.41, 5.74) is 3.49. The van der Waals surface area contributed by atoms with E-state index in [9.17, 15) is 0 Å². The molecular formula is C27H23FN2. The Morgan fingerprint density at radius 2 is 1.37 bits per heavy atom. The third kappa shape index (κ3) is 2.85. The Labute approximate surface area is 175 Å². The Hall–Kier alpha value is -3.33. The van der Waals surface area contributed by atoms with Crippen LogP contribution in [0.3, 0.4) is 0 Å². The molecule has 0 saturated heterocycles. The van der Waals surface area contributed by atoms with Crippen molar-refractivity contribution in [2.24, 2.45) is 0 Å². The molecule has 30 heavy (non-hydrogen) atoms. The van der Waals surface area contributed by atoms with E-state index in [0.717, 1.165) is 27.4 Å². The summed E-state index contributed by atoms with van der Waals surface area (Å²) in [5.74, 6) is -0.228. The van der Waals surface area contributed by atoms with E-state index in [2.05, 4.69) is 61.3 Å². The van der Waals surface area contributed by atoms with Crippen molar-refractivity contribution in [1.82, 2.24) is 10.2 Å². The lowest BCUT2D eigenvalue weighted by Crippen LogP contribution is -2.12. The molecule has 0 atom stereocenters. The molecule has 0 aliphatic rings. The fourth-order valence-electron chi connectivity index (χ4n) is 4.35. The van der Waals surface area contributed by atoms with Crippen molar-refractivity contribution >= 4 is 32.3 Å². The average Bonchev–Trinajstić information content (AvgIpc) is 2.72. The van der Waals surface area contributed by atoms with Gasteiger partial charge in [-0.25, -0.2) is 4.39 Å². The highest BCUT2D eigenvalue weighted by molar-refractivity contribution is 6.06. The number of nitrogens with zero attached hydrogens (tertiary/aromatic N) is 2. The van der Waals surface area contributed by atoms with Crippen LogP contribution in [0, 0.1) is 12.7 Å². The van der Waals surface area contributed by atoms with Gasteiger partial charge in [0.15, 0.2) is 0 Å². The highest BCUT2D eigenvalue weighted by atomic mass is 19.1. The molecule has 0 radical (unpaired) electrons. The van der Waals surface area contributed by atoms with Crippen LogP contribution >= 0.6 is 0 Å². The van der Waals surface area contributed by atoms with Crippen molar-refractivity contribution in [3.63, 3.8) is 0 Å². The van der Waals surface area contributed by atoms with Crippen LogP contribution in [0.4, 0.5) is 4.39 Å². The van der Waals surface area contributed by atoms with Crippen molar-refractivity contribution in [3.8, 4) is 11.3 Å². The average molecular weight is 394 g/mol. The van der Waals surface area contributed by atoms with Crippen molar-refractivity contribution in [3.05, 3.63) is 83.8 Å². The van der Waals surface area contributed by atoms with Crippen molar-refractivity contribution < 1.29 is 4.39 Å². The van der Waals surface area contributed by atoms with Gasteiger partial charge in [-0.05, 0) is 52.3 Å². The monoisotopic (exact) mass is 394 g/mol. The Bertz CT molecular complexity index is 1450. The molecule has 1 aromatic heterocycles. The van der Waals surface area contributed by atoms with Gasteiger partial charge in [-0.1, -0.05) is 69.3 Å². The number of hydrogen-bond acceptors (Lipinski definition) is 2. The van der Waals surface area contributed by atoms with E-state index in [0.29, 0.717) is 16.5 Å². The third-order valence-corrected chi connectivity index (χ3v) is 5.85. The molecular weight excluding hydrogens is 371 g/mol. The van der Waals surface area contributed by atoms with Crippen LogP contribution < -0.4 is 0 Å². The fraction of sp³-hybridized carbons (Fsp3) is 0.185. The zero-order valence-electron chi connectivity index (χ0n) is 17.6. The van der Waals surface area contributed by atoms with Gasteiger partial charge in [0.1, 0.15) is 11.5 Å². The number of benzene rings is 4. The van der Waals surface area contributed by atoms with Gasteiger partial charge in [0.25, 0.3) is 0 Å². The highest BCUT2D eigenvalue weighted by Crippen LogP contribution is 2.38. The number of fused-ring (bicyclic) bond motifs is 3. The summed E-state index contributed by atoms with van der Waals surface area (Å²) in [7, 11) is 0. The SMILES string of the molecule is Cc1nnc(-c2cc(C(C)(C)C)c3ccccc3c2)c2cc3ccccc3c(F)c12. The summed E-state index contributed by atoms with van der Waals surface area (Å²) in [4.78, 5) is 0. The van der Waals surface area contributed by atoms with E-state index in [4.69, 9.17) is 0 Å². The maximum atomic E-state index is 15.5. The van der Waals surface area contributed by atoms with E-state index in [1.165, 1.54) is 10.9 Å². The maximum Gasteiger partial charge on any atom is 0.140 e. The summed E-state index contributed by atoms with van der Waals surface area (Å²) in [6.45, 7) is 8.46. The van der Waals surface area contributed by atoms with E-state index in [1.807, 2.05) is 43.3 Å². The molecule has 5 rings (SSSR count). The first-order valence-corrected chi connectivity index (χ1v) is 10.2. The molecule has 1 heterocycles. The highest BCUT2D eigenvalue weighted by Gasteiger charge is 2.21. The first-order chi connectivity index (χ1) is 14.3. The zero-order chi connectivity index (χ0) is 21.0. The van der Waals surface area contributed by atoms with E-state index in [1.54, 1.807) is 0 Å². The lowest BCUT2D eigenvalue weighted by Gasteiger charge is -2.23. The lowest BCUT2D eigenvalue weighted by atomic mass is 9.82. The molecule has 2 nitrogen and oxygen atoms in total. The molecule has 0 unspecified atom stereocenters. The normalized spacial score (nSPS) is 12.2. The summed E-state index contributed by atoms with van der Waals surface area (Å²) < 4.78 is 15.5. The van der Waals surface area contributed by atoms with Crippen molar-refractivity contribution in [2.75, 3.05) is 0 Å². The second-order valence-electron chi connectivity index (χ2n) is 8.96. The van der Waals surface area contributed by atoms with Gasteiger partial charge in [0, 0.05) is 21.7 Å². The lowest BCUT2D eigenvalue weighted by molar-refractivity contribution is 0.596. The van der Waals surface area contributed by atoms with Gasteiger partial charge in [0.2, 0.25) is 0 Å². The Morgan fingerprint density at radius 3 is 2.07 bits per heavy atom. The third-order valence-electron chi connectivity index (χ3n) is 5.85. The second-order valence-corrected chi connectivity index (χ2v) is 8.96. The molecule has 0 saturated carbocycles. The predicted molar refractivity (Wildman–Crippen MR) is 123 cm³/mol. The van der Waals surface area contributed by atoms with Gasteiger partial charge in [-0.15, -0.1) is 5.10 Å². The molecule has 0 spiro atoms. The molecule has 148 valence electrons. The molecule has 0 aliphatic carbocycles. The van der Waals surface area contributed by atoms with E-state index >= 15 is 4.39 Å². The first-order valence-electron chi connectivity index (χ1n) is 10.2. The Kier molecular flexibility index (Phi) is 4.11. The zero-order valence-corrected chi connectivity index (χ0v) is 17.6. The molecule has 5 aromatic rings. The van der Waals surface area contributed by atoms with Crippen LogP contribution in [-0.4, -0.2) is 10.2 Å². The fourth-order valence-corrected chi connectivity index (χ4v) is 4.35. The first kappa shape index (κ1) is 18.7. The number of halogens is 1. The van der Waals surface area contributed by atoms with Crippen molar-refractivity contribution in [2.45, 2.75) is 33.1 Å².